The van der Waals surface area contributed by atoms with Crippen molar-refractivity contribution in [1.29, 1.82) is 0 Å². The van der Waals surface area contributed by atoms with Gasteiger partial charge in [-0.05, 0) is 42.3 Å². The molecule has 3 heteroatoms. The third-order valence-electron chi connectivity index (χ3n) is 3.11. The zero-order chi connectivity index (χ0) is 12.7. The van der Waals surface area contributed by atoms with Crippen molar-refractivity contribution in [3.8, 4) is 0 Å². The van der Waals surface area contributed by atoms with Gasteiger partial charge in [-0.1, -0.05) is 24.6 Å². The molecule has 1 aromatic heterocycles. The molecule has 3 rings (SSSR count). The van der Waals surface area contributed by atoms with Gasteiger partial charge in [-0.3, -0.25) is 4.79 Å². The first-order chi connectivity index (χ1) is 8.69. The Bertz CT molecular complexity index is 805. The maximum atomic E-state index is 12.4. The van der Waals surface area contributed by atoms with E-state index in [1.807, 2.05) is 24.3 Å². The van der Waals surface area contributed by atoms with Crippen LogP contribution >= 0.6 is 22.9 Å². The van der Waals surface area contributed by atoms with Gasteiger partial charge in [-0.2, -0.15) is 0 Å². The number of hydrogen-bond donors (Lipinski definition) is 0. The lowest BCUT2D eigenvalue weighted by Gasteiger charge is -2.03. The molecule has 0 unspecified atom stereocenters. The van der Waals surface area contributed by atoms with E-state index in [-0.39, 0.29) is 5.43 Å². The molecule has 0 atom stereocenters. The summed E-state index contributed by atoms with van der Waals surface area (Å²) in [6.45, 7) is 2.12. The summed E-state index contributed by atoms with van der Waals surface area (Å²) < 4.78 is 2.04. The second-order valence-corrected chi connectivity index (χ2v) is 5.78. The molecular formula is C15H11ClOS. The SMILES string of the molecule is CCc1ccc2c(=O)c3cc(Cl)ccc3sc2c1. The lowest BCUT2D eigenvalue weighted by Crippen LogP contribution is -2.01. The van der Waals surface area contributed by atoms with Gasteiger partial charge in [0, 0.05) is 25.2 Å². The quantitative estimate of drug-likeness (QED) is 0.591. The van der Waals surface area contributed by atoms with Crippen molar-refractivity contribution in [1.82, 2.24) is 0 Å². The van der Waals surface area contributed by atoms with Gasteiger partial charge in [-0.25, -0.2) is 0 Å². The molecule has 0 amide bonds. The van der Waals surface area contributed by atoms with E-state index < -0.39 is 0 Å². The monoisotopic (exact) mass is 274 g/mol. The van der Waals surface area contributed by atoms with Gasteiger partial charge in [0.05, 0.1) is 0 Å². The van der Waals surface area contributed by atoms with E-state index in [4.69, 9.17) is 11.6 Å². The maximum Gasteiger partial charge on any atom is 0.195 e. The molecule has 0 saturated carbocycles. The molecule has 0 bridgehead atoms. The molecule has 0 aliphatic rings. The van der Waals surface area contributed by atoms with E-state index in [1.165, 1.54) is 5.56 Å². The van der Waals surface area contributed by atoms with Crippen molar-refractivity contribution >= 4 is 43.1 Å². The van der Waals surface area contributed by atoms with Gasteiger partial charge in [-0.15, -0.1) is 11.3 Å². The fourth-order valence-electron chi connectivity index (χ4n) is 2.09. The second-order valence-electron chi connectivity index (χ2n) is 4.26. The molecule has 0 aliphatic heterocycles. The zero-order valence-corrected chi connectivity index (χ0v) is 11.4. The molecule has 0 radical (unpaired) electrons. The molecule has 2 aromatic carbocycles. The predicted octanol–water partition coefficient (Wildman–Crippen LogP) is 4.63. The minimum atomic E-state index is 0.0731. The molecule has 0 spiro atoms. The first kappa shape index (κ1) is 11.7. The lowest BCUT2D eigenvalue weighted by atomic mass is 10.1. The standard InChI is InChI=1S/C15H11ClOS/c1-2-9-3-5-11-14(7-9)18-13-6-4-10(16)8-12(13)15(11)17/h3-8H,2H2,1H3. The highest BCUT2D eigenvalue weighted by Gasteiger charge is 2.06. The largest absolute Gasteiger partial charge is 0.289 e. The number of rotatable bonds is 1. The van der Waals surface area contributed by atoms with Gasteiger partial charge in [0.2, 0.25) is 0 Å². The van der Waals surface area contributed by atoms with Gasteiger partial charge in [0.25, 0.3) is 0 Å². The van der Waals surface area contributed by atoms with Gasteiger partial charge in [0.1, 0.15) is 0 Å². The zero-order valence-electron chi connectivity index (χ0n) is 9.87. The Kier molecular flexibility index (Phi) is 2.84. The molecule has 90 valence electrons. The van der Waals surface area contributed by atoms with E-state index in [0.717, 1.165) is 21.2 Å². The normalized spacial score (nSPS) is 11.2. The van der Waals surface area contributed by atoms with Crippen LogP contribution in [0.5, 0.6) is 0 Å². The van der Waals surface area contributed by atoms with Crippen LogP contribution in [0.25, 0.3) is 20.2 Å². The average molecular weight is 275 g/mol. The first-order valence-electron chi connectivity index (χ1n) is 5.84. The maximum absolute atomic E-state index is 12.4. The van der Waals surface area contributed by atoms with Crippen LogP contribution in [0.3, 0.4) is 0 Å². The highest BCUT2D eigenvalue weighted by Crippen LogP contribution is 2.27. The smallest absolute Gasteiger partial charge is 0.195 e. The fourth-order valence-corrected chi connectivity index (χ4v) is 3.38. The summed E-state index contributed by atoms with van der Waals surface area (Å²) >= 11 is 7.60. The number of hydrogen-bond acceptors (Lipinski definition) is 2. The lowest BCUT2D eigenvalue weighted by molar-refractivity contribution is 1.15. The summed E-state index contributed by atoms with van der Waals surface area (Å²) in [6, 6.07) is 11.6. The molecule has 3 aromatic rings. The van der Waals surface area contributed by atoms with E-state index >= 15 is 0 Å². The van der Waals surface area contributed by atoms with E-state index in [2.05, 4.69) is 13.0 Å². The Balaban J connectivity index is 2.48. The summed E-state index contributed by atoms with van der Waals surface area (Å²) in [5.41, 5.74) is 1.33. The number of halogens is 1. The van der Waals surface area contributed by atoms with E-state index in [0.29, 0.717) is 10.4 Å². The number of aryl methyl sites for hydroxylation is 1. The Labute approximate surface area is 114 Å². The van der Waals surface area contributed by atoms with Crippen molar-refractivity contribution in [3.05, 3.63) is 57.2 Å². The fraction of sp³-hybridized carbons (Fsp3) is 0.133. The van der Waals surface area contributed by atoms with Crippen LogP contribution in [-0.4, -0.2) is 0 Å². The molecule has 0 fully saturated rings. The van der Waals surface area contributed by atoms with Gasteiger partial charge >= 0.3 is 0 Å². The Morgan fingerprint density at radius 3 is 2.67 bits per heavy atom. The third-order valence-corrected chi connectivity index (χ3v) is 4.47. The highest BCUT2D eigenvalue weighted by molar-refractivity contribution is 7.24. The number of fused-ring (bicyclic) bond motifs is 2. The molecule has 0 saturated heterocycles. The summed E-state index contributed by atoms with van der Waals surface area (Å²) in [5.74, 6) is 0. The molecule has 0 aliphatic carbocycles. The van der Waals surface area contributed by atoms with E-state index in [1.54, 1.807) is 17.4 Å². The predicted molar refractivity (Wildman–Crippen MR) is 80.0 cm³/mol. The van der Waals surface area contributed by atoms with Gasteiger partial charge in [0.15, 0.2) is 5.43 Å². The van der Waals surface area contributed by atoms with E-state index in [9.17, 15) is 4.79 Å². The van der Waals surface area contributed by atoms with Crippen molar-refractivity contribution in [2.24, 2.45) is 0 Å². The van der Waals surface area contributed by atoms with Crippen LogP contribution in [0.2, 0.25) is 5.02 Å². The molecule has 1 nitrogen and oxygen atoms in total. The van der Waals surface area contributed by atoms with Crippen LogP contribution in [0.4, 0.5) is 0 Å². The first-order valence-corrected chi connectivity index (χ1v) is 7.03. The van der Waals surface area contributed by atoms with Gasteiger partial charge < -0.3 is 0 Å². The summed E-state index contributed by atoms with van der Waals surface area (Å²) in [6.07, 6.45) is 0.982. The topological polar surface area (TPSA) is 17.1 Å². The number of benzene rings is 2. The van der Waals surface area contributed by atoms with Crippen molar-refractivity contribution in [2.75, 3.05) is 0 Å². The third kappa shape index (κ3) is 1.82. The Hall–Kier alpha value is -1.38. The average Bonchev–Trinajstić information content (AvgIpc) is 2.39. The minimum Gasteiger partial charge on any atom is -0.289 e. The minimum absolute atomic E-state index is 0.0731. The van der Waals surface area contributed by atoms with Crippen LogP contribution < -0.4 is 5.43 Å². The van der Waals surface area contributed by atoms with Crippen molar-refractivity contribution < 1.29 is 0 Å². The van der Waals surface area contributed by atoms with Crippen LogP contribution in [-0.2, 0) is 6.42 Å². The molecule has 18 heavy (non-hydrogen) atoms. The van der Waals surface area contributed by atoms with Crippen LogP contribution in [0.15, 0.2) is 41.2 Å². The summed E-state index contributed by atoms with van der Waals surface area (Å²) in [7, 11) is 0. The second kappa shape index (κ2) is 4.38. The summed E-state index contributed by atoms with van der Waals surface area (Å²) in [5, 5.41) is 2.10. The molecule has 0 N–H and O–H groups in total. The van der Waals surface area contributed by atoms with Crippen LogP contribution in [0.1, 0.15) is 12.5 Å². The molecular weight excluding hydrogens is 264 g/mol. The Morgan fingerprint density at radius 2 is 1.89 bits per heavy atom. The summed E-state index contributed by atoms with van der Waals surface area (Å²) in [4.78, 5) is 12.4. The Morgan fingerprint density at radius 1 is 1.06 bits per heavy atom. The van der Waals surface area contributed by atoms with Crippen LogP contribution in [0, 0.1) is 0 Å². The highest BCUT2D eigenvalue weighted by atomic mass is 35.5. The van der Waals surface area contributed by atoms with Crippen molar-refractivity contribution in [3.63, 3.8) is 0 Å². The van der Waals surface area contributed by atoms with Crippen molar-refractivity contribution in [2.45, 2.75) is 13.3 Å². The molecule has 1 heterocycles.